The summed E-state index contributed by atoms with van der Waals surface area (Å²) in [5, 5.41) is 5.62. The molecule has 2 N–H and O–H groups in total. The van der Waals surface area contributed by atoms with Gasteiger partial charge >= 0.3 is 0 Å². The Hall–Kier alpha value is -3.74. The highest BCUT2D eigenvalue weighted by Gasteiger charge is 2.69. The topological polar surface area (TPSA) is 95.9 Å². The van der Waals surface area contributed by atoms with Crippen molar-refractivity contribution in [2.45, 2.75) is 18.8 Å². The van der Waals surface area contributed by atoms with Crippen molar-refractivity contribution >= 4 is 16.8 Å². The van der Waals surface area contributed by atoms with Gasteiger partial charge in [0.2, 0.25) is 5.91 Å². The smallest absolute Gasteiger partial charge is 0.224 e. The summed E-state index contributed by atoms with van der Waals surface area (Å²) in [5.41, 5.74) is 10.8. The van der Waals surface area contributed by atoms with Crippen LogP contribution >= 0.6 is 0 Å². The monoisotopic (exact) mass is 425 g/mol. The molecular weight excluding hydrogens is 402 g/mol. The fraction of sp³-hybridized carbons (Fsp3) is 0.280. The zero-order valence-electron chi connectivity index (χ0n) is 17.9. The molecule has 3 fully saturated rings. The average Bonchev–Trinajstić information content (AvgIpc) is 3.13. The number of aryl methyl sites for hydroxylation is 1. The number of benzene rings is 2. The molecule has 0 saturated heterocycles. The molecule has 0 spiro atoms. The minimum absolute atomic E-state index is 0.0925. The van der Waals surface area contributed by atoms with Gasteiger partial charge in [-0.3, -0.25) is 9.48 Å². The molecule has 3 saturated carbocycles. The van der Waals surface area contributed by atoms with Gasteiger partial charge in [0.1, 0.15) is 17.8 Å². The molecule has 7 nitrogen and oxygen atoms in total. The number of aromatic nitrogens is 4. The largest absolute Gasteiger partial charge is 0.496 e. The molecular formula is C25H23N5O2. The summed E-state index contributed by atoms with van der Waals surface area (Å²) in [7, 11) is 3.56. The first-order chi connectivity index (χ1) is 15.5. The van der Waals surface area contributed by atoms with Crippen molar-refractivity contribution < 1.29 is 9.53 Å². The van der Waals surface area contributed by atoms with Gasteiger partial charge in [-0.2, -0.15) is 5.10 Å². The molecule has 1 unspecified atom stereocenters. The van der Waals surface area contributed by atoms with Crippen LogP contribution in [0.25, 0.3) is 33.4 Å². The van der Waals surface area contributed by atoms with Gasteiger partial charge < -0.3 is 10.5 Å². The van der Waals surface area contributed by atoms with E-state index >= 15 is 0 Å². The molecule has 2 bridgehead atoms. The number of amides is 1. The second kappa shape index (κ2) is 6.63. The lowest BCUT2D eigenvalue weighted by molar-refractivity contribution is -0.173. The van der Waals surface area contributed by atoms with Crippen LogP contribution in [0, 0.1) is 11.3 Å². The number of hydrogen-bond acceptors (Lipinski definition) is 5. The number of rotatable bonds is 5. The summed E-state index contributed by atoms with van der Waals surface area (Å²) in [6.45, 7) is 0. The zero-order valence-corrected chi connectivity index (χ0v) is 17.9. The third-order valence-corrected chi connectivity index (χ3v) is 7.26. The molecule has 2 aromatic carbocycles. The number of carbonyl (C=O) groups is 1. The Morgan fingerprint density at radius 2 is 1.94 bits per heavy atom. The summed E-state index contributed by atoms with van der Waals surface area (Å²) < 4.78 is 7.52. The van der Waals surface area contributed by atoms with Crippen molar-refractivity contribution in [1.82, 2.24) is 19.7 Å². The molecule has 3 aliphatic carbocycles. The maximum Gasteiger partial charge on any atom is 0.224 e. The number of fused-ring (bicyclic) bond motifs is 1. The van der Waals surface area contributed by atoms with Crippen molar-refractivity contribution in [2.75, 3.05) is 7.11 Å². The minimum atomic E-state index is -0.440. The van der Waals surface area contributed by atoms with Crippen LogP contribution in [0.15, 0.2) is 55.0 Å². The first kappa shape index (κ1) is 19.0. The highest BCUT2D eigenvalue weighted by molar-refractivity contribution is 5.97. The van der Waals surface area contributed by atoms with E-state index in [2.05, 4.69) is 16.0 Å². The lowest BCUT2D eigenvalue weighted by Crippen LogP contribution is -2.65. The van der Waals surface area contributed by atoms with Gasteiger partial charge in [0, 0.05) is 41.7 Å². The van der Waals surface area contributed by atoms with E-state index in [-0.39, 0.29) is 11.8 Å². The summed E-state index contributed by atoms with van der Waals surface area (Å²) in [4.78, 5) is 21.4. The number of primary amides is 1. The SMILES string of the molecule is COc1cc2ncnc(-c3cn(C)nc3-c3ccccc3)c2cc1C1C2CC1(C(N)=O)C2. The second-order valence-electron chi connectivity index (χ2n) is 8.93. The number of carbonyl (C=O) groups excluding carboxylic acids is 1. The minimum Gasteiger partial charge on any atom is -0.496 e. The molecule has 1 atom stereocenters. The lowest BCUT2D eigenvalue weighted by atomic mass is 9.36. The van der Waals surface area contributed by atoms with Crippen LogP contribution in [0.3, 0.4) is 0 Å². The number of hydrogen-bond donors (Lipinski definition) is 1. The Bertz CT molecular complexity index is 1370. The standard InChI is InChI=1S/C25H23N5O2/c1-30-12-18(22(29-30)14-6-4-3-5-7-14)23-16-8-17(20(32-2)9-19(16)27-13-28-23)21-15-10-25(21,11-15)24(26)31/h3-9,12-13,15,21H,10-11H2,1-2H3,(H2,26,31). The van der Waals surface area contributed by atoms with Crippen molar-refractivity contribution in [3.05, 3.63) is 60.6 Å². The first-order valence-electron chi connectivity index (χ1n) is 10.7. The molecule has 32 heavy (non-hydrogen) atoms. The molecule has 160 valence electrons. The second-order valence-corrected chi connectivity index (χ2v) is 8.93. The van der Waals surface area contributed by atoms with Gasteiger partial charge in [-0.1, -0.05) is 30.3 Å². The van der Waals surface area contributed by atoms with Crippen molar-refractivity contribution in [3.63, 3.8) is 0 Å². The van der Waals surface area contributed by atoms with E-state index in [1.54, 1.807) is 18.1 Å². The van der Waals surface area contributed by atoms with Crippen molar-refractivity contribution in [3.8, 4) is 28.3 Å². The quantitative estimate of drug-likeness (QED) is 0.526. The van der Waals surface area contributed by atoms with E-state index in [9.17, 15) is 4.79 Å². The van der Waals surface area contributed by atoms with E-state index in [0.29, 0.717) is 5.92 Å². The number of ether oxygens (including phenoxy) is 1. The van der Waals surface area contributed by atoms with Crippen LogP contribution in [0.2, 0.25) is 0 Å². The summed E-state index contributed by atoms with van der Waals surface area (Å²) >= 11 is 0. The van der Waals surface area contributed by atoms with Crippen LogP contribution in [0.4, 0.5) is 0 Å². The van der Waals surface area contributed by atoms with Gasteiger partial charge in [0.25, 0.3) is 0 Å². The predicted octanol–water partition coefficient (Wildman–Crippen LogP) is 3.68. The molecule has 0 aliphatic heterocycles. The molecule has 7 heteroatoms. The average molecular weight is 425 g/mol. The normalized spacial score (nSPS) is 23.4. The number of nitrogens with zero attached hydrogens (tertiary/aromatic N) is 4. The van der Waals surface area contributed by atoms with Gasteiger partial charge in [-0.15, -0.1) is 0 Å². The van der Waals surface area contributed by atoms with Gasteiger partial charge in [-0.25, -0.2) is 9.97 Å². The van der Waals surface area contributed by atoms with E-state index in [1.807, 2.05) is 49.6 Å². The molecule has 2 heterocycles. The summed E-state index contributed by atoms with van der Waals surface area (Å²) in [5.74, 6) is 1.10. The van der Waals surface area contributed by atoms with Gasteiger partial charge in [-0.05, 0) is 30.4 Å². The number of nitrogens with two attached hydrogens (primary N) is 1. The van der Waals surface area contributed by atoms with E-state index in [1.165, 1.54) is 0 Å². The Morgan fingerprint density at radius 1 is 1.16 bits per heavy atom. The molecule has 2 aromatic heterocycles. The molecule has 3 aliphatic rings. The Labute approximate surface area is 185 Å². The maximum absolute atomic E-state index is 12.2. The van der Waals surface area contributed by atoms with Crippen molar-refractivity contribution in [1.29, 1.82) is 0 Å². The molecule has 7 rings (SSSR count). The van der Waals surface area contributed by atoms with E-state index in [4.69, 9.17) is 15.6 Å². The highest BCUT2D eigenvalue weighted by atomic mass is 16.5. The van der Waals surface area contributed by atoms with E-state index in [0.717, 1.165) is 57.6 Å². The Balaban J connectivity index is 1.56. The van der Waals surface area contributed by atoms with Gasteiger partial charge in [0.15, 0.2) is 0 Å². The van der Waals surface area contributed by atoms with Crippen LogP contribution in [-0.4, -0.2) is 32.8 Å². The molecule has 1 amide bonds. The lowest BCUT2D eigenvalue weighted by Gasteiger charge is -2.66. The first-order valence-corrected chi connectivity index (χ1v) is 10.7. The molecule has 4 aromatic rings. The van der Waals surface area contributed by atoms with Crippen LogP contribution in [0.5, 0.6) is 5.75 Å². The summed E-state index contributed by atoms with van der Waals surface area (Å²) in [6.07, 6.45) is 5.30. The Morgan fingerprint density at radius 3 is 2.59 bits per heavy atom. The highest BCUT2D eigenvalue weighted by Crippen LogP contribution is 2.73. The Kier molecular flexibility index (Phi) is 3.93. The van der Waals surface area contributed by atoms with Crippen LogP contribution < -0.4 is 10.5 Å². The van der Waals surface area contributed by atoms with Crippen LogP contribution in [-0.2, 0) is 11.8 Å². The fourth-order valence-corrected chi connectivity index (χ4v) is 5.61. The van der Waals surface area contributed by atoms with Gasteiger partial charge in [0.05, 0.1) is 23.7 Å². The van der Waals surface area contributed by atoms with Crippen LogP contribution in [0.1, 0.15) is 24.3 Å². The predicted molar refractivity (Wildman–Crippen MR) is 121 cm³/mol. The van der Waals surface area contributed by atoms with Crippen molar-refractivity contribution in [2.24, 2.45) is 24.1 Å². The number of methoxy groups -OCH3 is 1. The third kappa shape index (κ3) is 2.48. The fourth-order valence-electron chi connectivity index (χ4n) is 5.61. The molecule has 0 radical (unpaired) electrons. The summed E-state index contributed by atoms with van der Waals surface area (Å²) in [6, 6.07) is 14.1. The maximum atomic E-state index is 12.2. The third-order valence-electron chi connectivity index (χ3n) is 7.26. The zero-order chi connectivity index (χ0) is 22.0. The van der Waals surface area contributed by atoms with E-state index < -0.39 is 5.41 Å².